The van der Waals surface area contributed by atoms with Crippen LogP contribution in [0.4, 0.5) is 0 Å². The fraction of sp³-hybridized carbons (Fsp3) is 0.885. The van der Waals surface area contributed by atoms with Crippen LogP contribution in [-0.2, 0) is 23.1 Å². The highest BCUT2D eigenvalue weighted by Gasteiger charge is 2.24. The van der Waals surface area contributed by atoms with Crippen molar-refractivity contribution in [2.45, 2.75) is 103 Å². The van der Waals surface area contributed by atoms with E-state index in [0.717, 1.165) is 44.9 Å². The number of allylic oxidation sites excluding steroid dienone is 2. The number of quaternary nitrogens is 1. The van der Waals surface area contributed by atoms with Gasteiger partial charge in [-0.2, -0.15) is 0 Å². The molecule has 0 spiro atoms. The number of nitrogens with zero attached hydrogens (tertiary/aromatic N) is 1. The van der Waals surface area contributed by atoms with Crippen molar-refractivity contribution < 1.29 is 47.2 Å². The monoisotopic (exact) mass is 529 g/mol. The number of hydrogen-bond donors (Lipinski definition) is 2. The number of unbranched alkanes of at least 4 members (excludes halogenated alkanes) is 8. The van der Waals surface area contributed by atoms with Crippen molar-refractivity contribution in [3.05, 3.63) is 12.2 Å². The fourth-order valence-corrected chi connectivity index (χ4v) is 3.72. The molecule has 2 atom stereocenters. The standard InChI is InChI=1S/C26H52NO7P/c1-5-6-7-8-9-10-11-12-13-14-15-16-17-18-19-20-26(29)32-23-25(28)24-34-35(30,31)33-22-21-27(2,3)4/h12-13,25,28H,5-11,14-24H2,1-4H3/p+1/t25-/m1/s1/i1D3,5D2,6D2. The summed E-state index contributed by atoms with van der Waals surface area (Å²) >= 11 is 0. The Morgan fingerprint density at radius 1 is 0.971 bits per heavy atom. The molecule has 0 aromatic rings. The highest BCUT2D eigenvalue weighted by molar-refractivity contribution is 7.47. The summed E-state index contributed by atoms with van der Waals surface area (Å²) in [6, 6.07) is 0. The topological polar surface area (TPSA) is 102 Å². The van der Waals surface area contributed by atoms with E-state index in [1.807, 2.05) is 21.1 Å². The number of hydrogen-bond acceptors (Lipinski definition) is 6. The van der Waals surface area contributed by atoms with Crippen molar-refractivity contribution in [2.75, 3.05) is 47.5 Å². The van der Waals surface area contributed by atoms with E-state index in [-0.39, 0.29) is 26.1 Å². The van der Waals surface area contributed by atoms with Crippen LogP contribution < -0.4 is 0 Å². The maximum Gasteiger partial charge on any atom is 0.472 e. The second-order valence-electron chi connectivity index (χ2n) is 9.63. The largest absolute Gasteiger partial charge is 0.472 e. The van der Waals surface area contributed by atoms with Gasteiger partial charge in [-0.25, -0.2) is 4.57 Å². The number of rotatable bonds is 24. The summed E-state index contributed by atoms with van der Waals surface area (Å²) in [5.41, 5.74) is 0. The Kier molecular flexibility index (Phi) is 14.2. The summed E-state index contributed by atoms with van der Waals surface area (Å²) in [4.78, 5) is 21.5. The lowest BCUT2D eigenvalue weighted by Gasteiger charge is -2.24. The minimum atomic E-state index is -4.29. The number of carbonyl (C=O) groups excluding carboxylic acids is 1. The Labute approximate surface area is 224 Å². The van der Waals surface area contributed by atoms with Gasteiger partial charge in [0.05, 0.1) is 27.7 Å². The van der Waals surface area contributed by atoms with E-state index in [9.17, 15) is 19.4 Å². The molecule has 208 valence electrons. The molecule has 0 heterocycles. The lowest BCUT2D eigenvalue weighted by molar-refractivity contribution is -0.870. The first-order chi connectivity index (χ1) is 19.2. The summed E-state index contributed by atoms with van der Waals surface area (Å²) < 4.78 is 79.5. The molecule has 0 fully saturated rings. The summed E-state index contributed by atoms with van der Waals surface area (Å²) in [7, 11) is 1.44. The molecule has 0 aliphatic carbocycles. The Hall–Kier alpha value is -0.760. The number of phosphoric acid groups is 1. The predicted molar refractivity (Wildman–Crippen MR) is 141 cm³/mol. The van der Waals surface area contributed by atoms with Crippen molar-refractivity contribution in [2.24, 2.45) is 0 Å². The van der Waals surface area contributed by atoms with Gasteiger partial charge in [0.1, 0.15) is 25.9 Å². The Morgan fingerprint density at radius 3 is 2.20 bits per heavy atom. The molecule has 0 rings (SSSR count). The van der Waals surface area contributed by atoms with Crippen LogP contribution in [0, 0.1) is 0 Å². The predicted octanol–water partition coefficient (Wildman–Crippen LogP) is 5.77. The minimum Gasteiger partial charge on any atom is -0.463 e. The van der Waals surface area contributed by atoms with Gasteiger partial charge in [-0.15, -0.1) is 0 Å². The van der Waals surface area contributed by atoms with Crippen LogP contribution >= 0.6 is 7.82 Å². The zero-order chi connectivity index (χ0) is 32.5. The molecule has 9 heteroatoms. The maximum absolute atomic E-state index is 11.8. The molecular weight excluding hydrogens is 469 g/mol. The van der Waals surface area contributed by atoms with E-state index in [1.54, 1.807) is 0 Å². The molecule has 0 bridgehead atoms. The van der Waals surface area contributed by atoms with Crippen molar-refractivity contribution in [1.82, 2.24) is 0 Å². The Morgan fingerprint density at radius 2 is 1.57 bits per heavy atom. The summed E-state index contributed by atoms with van der Waals surface area (Å²) in [5.74, 6) is -0.449. The van der Waals surface area contributed by atoms with Crippen LogP contribution in [0.15, 0.2) is 12.2 Å². The smallest absolute Gasteiger partial charge is 0.463 e. The van der Waals surface area contributed by atoms with Gasteiger partial charge < -0.3 is 19.2 Å². The van der Waals surface area contributed by atoms with Crippen molar-refractivity contribution in [3.8, 4) is 0 Å². The molecular formula is C26H53NO7P+. The second kappa shape index (κ2) is 21.3. The quantitative estimate of drug-likeness (QED) is 0.0538. The molecule has 0 aromatic heterocycles. The molecule has 0 amide bonds. The first-order valence-electron chi connectivity index (χ1n) is 16.1. The first kappa shape index (κ1) is 23.4. The van der Waals surface area contributed by atoms with E-state index in [4.69, 9.17) is 23.4 Å². The zero-order valence-corrected chi connectivity index (χ0v) is 22.8. The van der Waals surface area contributed by atoms with E-state index in [2.05, 4.69) is 12.2 Å². The van der Waals surface area contributed by atoms with Crippen molar-refractivity contribution >= 4 is 13.8 Å². The number of esters is 1. The van der Waals surface area contributed by atoms with Crippen LogP contribution in [0.2, 0.25) is 0 Å². The van der Waals surface area contributed by atoms with E-state index < -0.39 is 46.1 Å². The van der Waals surface area contributed by atoms with E-state index in [0.29, 0.717) is 30.3 Å². The van der Waals surface area contributed by atoms with E-state index >= 15 is 0 Å². The molecule has 0 saturated heterocycles. The van der Waals surface area contributed by atoms with Crippen LogP contribution in [-0.4, -0.2) is 74.1 Å². The Balaban J connectivity index is 3.76. The normalized spacial score (nSPS) is 18.9. The number of aliphatic hydroxyl groups excluding tert-OH is 1. The molecule has 0 radical (unpaired) electrons. The van der Waals surface area contributed by atoms with Gasteiger partial charge in [-0.3, -0.25) is 13.8 Å². The number of phosphoric ester groups is 1. The molecule has 0 aliphatic rings. The van der Waals surface area contributed by atoms with E-state index in [1.165, 1.54) is 0 Å². The summed E-state index contributed by atoms with van der Waals surface area (Å²) in [5, 5.41) is 9.84. The lowest BCUT2D eigenvalue weighted by Crippen LogP contribution is -2.37. The minimum absolute atomic E-state index is 0.0199. The molecule has 1 unspecified atom stereocenters. The lowest BCUT2D eigenvalue weighted by atomic mass is 10.1. The van der Waals surface area contributed by atoms with Gasteiger partial charge in [0.15, 0.2) is 0 Å². The fourth-order valence-electron chi connectivity index (χ4n) is 2.97. The third kappa shape index (κ3) is 26.1. The number of likely N-dealkylation sites (N-methyl/N-ethyl adjacent to an activating group) is 1. The maximum atomic E-state index is 11.8. The highest BCUT2D eigenvalue weighted by Crippen LogP contribution is 2.43. The van der Waals surface area contributed by atoms with Gasteiger partial charge >= 0.3 is 13.8 Å². The summed E-state index contributed by atoms with van der Waals surface area (Å²) in [6.07, 6.45) is 6.05. The average molecular weight is 530 g/mol. The Bertz CT molecular complexity index is 837. The van der Waals surface area contributed by atoms with Crippen LogP contribution in [0.5, 0.6) is 0 Å². The van der Waals surface area contributed by atoms with Gasteiger partial charge in [0.25, 0.3) is 0 Å². The van der Waals surface area contributed by atoms with Gasteiger partial charge in [0, 0.05) is 16.0 Å². The number of ether oxygens (including phenoxy) is 1. The molecule has 0 aromatic carbocycles. The van der Waals surface area contributed by atoms with Crippen molar-refractivity contribution in [1.29, 1.82) is 0 Å². The zero-order valence-electron chi connectivity index (χ0n) is 28.9. The second-order valence-corrected chi connectivity index (χ2v) is 11.1. The molecule has 0 aliphatic heterocycles. The molecule has 0 saturated carbocycles. The summed E-state index contributed by atoms with van der Waals surface area (Å²) in [6.45, 7) is -3.30. The SMILES string of the molecule is [2H]C([2H])([2H])C([2H])([2H])C([2H])([2H])CCCCCC=CCCCCCCCC(=O)OC[C@@H](O)COP(=O)(O)OCC[N+](C)(C)C. The van der Waals surface area contributed by atoms with Gasteiger partial charge in [0.2, 0.25) is 0 Å². The van der Waals surface area contributed by atoms with Crippen LogP contribution in [0.25, 0.3) is 0 Å². The van der Waals surface area contributed by atoms with Crippen LogP contribution in [0.3, 0.4) is 0 Å². The van der Waals surface area contributed by atoms with Crippen molar-refractivity contribution in [3.63, 3.8) is 0 Å². The first-order valence-corrected chi connectivity index (χ1v) is 14.1. The van der Waals surface area contributed by atoms with Gasteiger partial charge in [-0.1, -0.05) is 70.3 Å². The number of aliphatic hydroxyl groups is 1. The van der Waals surface area contributed by atoms with Gasteiger partial charge in [-0.05, 0) is 32.1 Å². The third-order valence-electron chi connectivity index (χ3n) is 5.06. The average Bonchev–Trinajstić information content (AvgIpc) is 2.84. The molecule has 2 N–H and O–H groups in total. The third-order valence-corrected chi connectivity index (χ3v) is 6.05. The highest BCUT2D eigenvalue weighted by atomic mass is 31.2. The van der Waals surface area contributed by atoms with Crippen LogP contribution in [0.1, 0.15) is 106 Å². The molecule has 8 nitrogen and oxygen atoms in total. The molecule has 35 heavy (non-hydrogen) atoms. The number of carbonyl (C=O) groups is 1.